The first-order chi connectivity index (χ1) is 14.9. The third-order valence-corrected chi connectivity index (χ3v) is 5.63. The zero-order chi connectivity index (χ0) is 22.1. The molecule has 1 amide bonds. The largest absolute Gasteiger partial charge is 0.382 e. The monoisotopic (exact) mass is 436 g/mol. The molecule has 10 heteroatoms. The first kappa shape index (κ1) is 20.6. The summed E-state index contributed by atoms with van der Waals surface area (Å²) in [6, 6.07) is 9.33. The van der Waals surface area contributed by atoms with Crippen molar-refractivity contribution in [2.45, 2.75) is 32.0 Å². The molecule has 1 aliphatic rings. The van der Waals surface area contributed by atoms with Crippen molar-refractivity contribution in [3.63, 3.8) is 0 Å². The van der Waals surface area contributed by atoms with E-state index in [9.17, 15) is 4.79 Å². The van der Waals surface area contributed by atoms with Crippen molar-refractivity contribution in [1.29, 1.82) is 5.26 Å². The highest BCUT2D eigenvalue weighted by Gasteiger charge is 2.28. The van der Waals surface area contributed by atoms with E-state index in [0.29, 0.717) is 35.1 Å². The molecule has 0 spiro atoms. The van der Waals surface area contributed by atoms with Gasteiger partial charge in [0.25, 0.3) is 0 Å². The molecule has 2 aromatic heterocycles. The van der Waals surface area contributed by atoms with Crippen molar-refractivity contribution in [3.8, 4) is 6.07 Å². The molecular weight excluding hydrogens is 416 g/mol. The number of nitrogens with two attached hydrogens (primary N) is 1. The molecule has 1 fully saturated rings. The molecule has 158 valence electrons. The van der Waals surface area contributed by atoms with E-state index in [2.05, 4.69) is 20.6 Å². The number of fused-ring (bicyclic) bond motifs is 1. The van der Waals surface area contributed by atoms with Crippen molar-refractivity contribution in [3.05, 3.63) is 46.6 Å². The first-order valence-corrected chi connectivity index (χ1v) is 10.2. The van der Waals surface area contributed by atoms with Crippen LogP contribution in [-0.4, -0.2) is 34.1 Å². The minimum Gasteiger partial charge on any atom is -0.382 e. The zero-order valence-electron chi connectivity index (χ0n) is 17.1. The highest BCUT2D eigenvalue weighted by atomic mass is 35.5. The van der Waals surface area contributed by atoms with E-state index < -0.39 is 0 Å². The standard InChI is InChI=1S/C21H21ClN8O/c1-11(26-21-25-10-13(9-23)19(24)29-21)14-8-12-4-3-5-15(22)18(12)28-20(14)30(2)16-6-7-17(31)27-16/h3-5,8,10-11,16H,6-7H2,1-2H3,(H,27,31)(H3,24,25,26,29)/t11-,16-/m0/s1. The summed E-state index contributed by atoms with van der Waals surface area (Å²) in [6.07, 6.45) is 2.39. The van der Waals surface area contributed by atoms with Gasteiger partial charge in [-0.1, -0.05) is 23.7 Å². The lowest BCUT2D eigenvalue weighted by atomic mass is 10.1. The Morgan fingerprint density at radius 1 is 1.42 bits per heavy atom. The summed E-state index contributed by atoms with van der Waals surface area (Å²) >= 11 is 6.40. The summed E-state index contributed by atoms with van der Waals surface area (Å²) < 4.78 is 0. The van der Waals surface area contributed by atoms with Crippen LogP contribution in [0, 0.1) is 11.3 Å². The molecule has 0 unspecified atom stereocenters. The van der Waals surface area contributed by atoms with E-state index in [1.54, 1.807) is 6.07 Å². The predicted octanol–water partition coefficient (Wildman–Crippen LogP) is 2.98. The lowest BCUT2D eigenvalue weighted by Gasteiger charge is -2.29. The van der Waals surface area contributed by atoms with Crippen molar-refractivity contribution in [2.75, 3.05) is 23.0 Å². The molecule has 1 aromatic carbocycles. The number of halogens is 1. The van der Waals surface area contributed by atoms with E-state index in [-0.39, 0.29) is 29.5 Å². The fourth-order valence-electron chi connectivity index (χ4n) is 3.63. The summed E-state index contributed by atoms with van der Waals surface area (Å²) in [4.78, 5) is 26.9. The van der Waals surface area contributed by atoms with Gasteiger partial charge in [0.2, 0.25) is 11.9 Å². The number of benzene rings is 1. The number of aromatic nitrogens is 3. The second-order valence-corrected chi connectivity index (χ2v) is 7.82. The third-order valence-electron chi connectivity index (χ3n) is 5.33. The molecule has 0 saturated carbocycles. The van der Waals surface area contributed by atoms with Crippen molar-refractivity contribution >= 4 is 46.0 Å². The molecule has 1 aliphatic heterocycles. The predicted molar refractivity (Wildman–Crippen MR) is 120 cm³/mol. The number of nitrogens with zero attached hydrogens (tertiary/aromatic N) is 5. The van der Waals surface area contributed by atoms with Crippen LogP contribution >= 0.6 is 11.6 Å². The number of pyridine rings is 1. The van der Waals surface area contributed by atoms with Crippen LogP contribution in [0.25, 0.3) is 10.9 Å². The number of nitrogen functional groups attached to an aromatic ring is 1. The lowest BCUT2D eigenvalue weighted by molar-refractivity contribution is -0.119. The molecule has 1 saturated heterocycles. The summed E-state index contributed by atoms with van der Waals surface area (Å²) in [7, 11) is 1.90. The minimum absolute atomic E-state index is 0.0184. The average molecular weight is 437 g/mol. The Morgan fingerprint density at radius 3 is 2.90 bits per heavy atom. The molecule has 9 nitrogen and oxygen atoms in total. The Kier molecular flexibility index (Phi) is 5.48. The van der Waals surface area contributed by atoms with E-state index in [4.69, 9.17) is 27.6 Å². The van der Waals surface area contributed by atoms with Gasteiger partial charge in [0.15, 0.2) is 0 Å². The van der Waals surface area contributed by atoms with Gasteiger partial charge in [-0.15, -0.1) is 0 Å². The fourth-order valence-corrected chi connectivity index (χ4v) is 3.85. The number of carbonyl (C=O) groups is 1. The molecule has 0 radical (unpaired) electrons. The normalized spacial score (nSPS) is 16.6. The topological polar surface area (TPSA) is 133 Å². The Bertz CT molecular complexity index is 1210. The van der Waals surface area contributed by atoms with Gasteiger partial charge in [-0.05, 0) is 25.5 Å². The number of hydrogen-bond donors (Lipinski definition) is 3. The SMILES string of the molecule is C[C@H](Nc1ncc(C#N)c(N)n1)c1cc2cccc(Cl)c2nc1N(C)[C@H]1CCC(=O)N1. The van der Waals surface area contributed by atoms with Gasteiger partial charge in [0, 0.05) is 24.4 Å². The summed E-state index contributed by atoms with van der Waals surface area (Å²) in [5, 5.41) is 16.7. The maximum Gasteiger partial charge on any atom is 0.225 e. The number of nitrogens with one attached hydrogen (secondary N) is 2. The number of para-hydroxylation sites is 1. The smallest absolute Gasteiger partial charge is 0.225 e. The van der Waals surface area contributed by atoms with E-state index >= 15 is 0 Å². The number of nitriles is 1. The maximum absolute atomic E-state index is 11.8. The summed E-state index contributed by atoms with van der Waals surface area (Å²) in [6.45, 7) is 1.95. The molecule has 4 N–H and O–H groups in total. The van der Waals surface area contributed by atoms with Crippen LogP contribution in [0.4, 0.5) is 17.6 Å². The Labute approximate surface area is 184 Å². The Hall–Kier alpha value is -3.64. The molecule has 0 bridgehead atoms. The van der Waals surface area contributed by atoms with Crippen molar-refractivity contribution in [2.24, 2.45) is 0 Å². The van der Waals surface area contributed by atoms with Gasteiger partial charge >= 0.3 is 0 Å². The van der Waals surface area contributed by atoms with Gasteiger partial charge < -0.3 is 21.3 Å². The van der Waals surface area contributed by atoms with Crippen LogP contribution in [-0.2, 0) is 4.79 Å². The summed E-state index contributed by atoms with van der Waals surface area (Å²) in [5.74, 6) is 1.12. The average Bonchev–Trinajstić information content (AvgIpc) is 3.19. The van der Waals surface area contributed by atoms with Crippen LogP contribution in [0.2, 0.25) is 5.02 Å². The van der Waals surface area contributed by atoms with Crippen LogP contribution in [0.15, 0.2) is 30.5 Å². The Morgan fingerprint density at radius 2 is 2.23 bits per heavy atom. The zero-order valence-corrected chi connectivity index (χ0v) is 17.8. The van der Waals surface area contributed by atoms with Crippen LogP contribution < -0.4 is 21.3 Å². The van der Waals surface area contributed by atoms with Crippen molar-refractivity contribution in [1.82, 2.24) is 20.3 Å². The Balaban J connectivity index is 1.75. The second kappa shape index (κ2) is 8.24. The summed E-state index contributed by atoms with van der Waals surface area (Å²) in [5.41, 5.74) is 7.61. The van der Waals surface area contributed by atoms with Crippen LogP contribution in [0.1, 0.15) is 36.9 Å². The number of amides is 1. The highest BCUT2D eigenvalue weighted by molar-refractivity contribution is 6.35. The van der Waals surface area contributed by atoms with Gasteiger partial charge in [-0.3, -0.25) is 4.79 Å². The van der Waals surface area contributed by atoms with E-state index in [1.807, 2.05) is 43.1 Å². The van der Waals surface area contributed by atoms with Crippen LogP contribution in [0.5, 0.6) is 0 Å². The first-order valence-electron chi connectivity index (χ1n) is 9.78. The fraction of sp³-hybridized carbons (Fsp3) is 0.286. The number of anilines is 3. The number of carbonyl (C=O) groups excluding carboxylic acids is 1. The van der Waals surface area contributed by atoms with Gasteiger partial charge in [-0.2, -0.15) is 10.2 Å². The lowest BCUT2D eigenvalue weighted by Crippen LogP contribution is -2.41. The highest BCUT2D eigenvalue weighted by Crippen LogP contribution is 2.33. The van der Waals surface area contributed by atoms with E-state index in [0.717, 1.165) is 10.9 Å². The second-order valence-electron chi connectivity index (χ2n) is 7.42. The quantitative estimate of drug-likeness (QED) is 0.555. The molecule has 4 rings (SSSR count). The van der Waals surface area contributed by atoms with Gasteiger partial charge in [0.1, 0.15) is 29.4 Å². The number of hydrogen-bond acceptors (Lipinski definition) is 8. The van der Waals surface area contributed by atoms with E-state index in [1.165, 1.54) is 6.20 Å². The minimum atomic E-state index is -0.252. The molecule has 31 heavy (non-hydrogen) atoms. The maximum atomic E-state index is 11.8. The molecule has 3 heterocycles. The number of rotatable bonds is 5. The van der Waals surface area contributed by atoms with Crippen molar-refractivity contribution < 1.29 is 4.79 Å². The van der Waals surface area contributed by atoms with Gasteiger partial charge in [0.05, 0.1) is 22.8 Å². The molecule has 0 aliphatic carbocycles. The molecule has 3 aromatic rings. The molecule has 2 atom stereocenters. The van der Waals surface area contributed by atoms with Crippen LogP contribution in [0.3, 0.4) is 0 Å². The van der Waals surface area contributed by atoms with Gasteiger partial charge in [-0.25, -0.2) is 9.97 Å². The third kappa shape index (κ3) is 4.02. The molecular formula is C21H21ClN8O.